The number of carbonyl (C=O) groups is 2. The summed E-state index contributed by atoms with van der Waals surface area (Å²) in [6.45, 7) is 13.4. The van der Waals surface area contributed by atoms with Crippen molar-refractivity contribution in [3.63, 3.8) is 0 Å². The minimum atomic E-state index is -0.700. The van der Waals surface area contributed by atoms with E-state index in [1.54, 1.807) is 6.92 Å². The van der Waals surface area contributed by atoms with E-state index in [4.69, 9.17) is 9.47 Å². The number of carboxylic acids is 1. The van der Waals surface area contributed by atoms with Crippen molar-refractivity contribution in [2.75, 3.05) is 6.61 Å². The molecule has 6 rings (SSSR count). The normalized spacial score (nSPS) is 37.3. The molecule has 10 atom stereocenters. The van der Waals surface area contributed by atoms with E-state index >= 15 is 0 Å². The Kier molecular flexibility index (Phi) is 9.28. The monoisotopic (exact) mass is 626 g/mol. The fourth-order valence-electron chi connectivity index (χ4n) is 11.3. The van der Waals surface area contributed by atoms with Crippen LogP contribution >= 0.6 is 0 Å². The summed E-state index contributed by atoms with van der Waals surface area (Å²) in [4.78, 5) is 24.0. The predicted octanol–water partition coefficient (Wildman–Crippen LogP) is 9.45. The molecule has 0 aromatic heterocycles. The number of ether oxygens (including phenoxy) is 2. The van der Waals surface area contributed by atoms with Gasteiger partial charge in [-0.1, -0.05) is 81.4 Å². The summed E-state index contributed by atoms with van der Waals surface area (Å²) in [5.74, 6) is 1.76. The molecular formula is C41H54O5. The molecule has 0 heterocycles. The molecule has 4 fully saturated rings. The summed E-state index contributed by atoms with van der Waals surface area (Å²) >= 11 is 0. The third kappa shape index (κ3) is 5.86. The highest BCUT2D eigenvalue weighted by atomic mass is 16.5. The number of carbonyl (C=O) groups excluding carboxylic acids is 1. The van der Waals surface area contributed by atoms with Crippen molar-refractivity contribution in [2.24, 2.45) is 46.3 Å². The largest absolute Gasteiger partial charge is 0.481 e. The molecular weight excluding hydrogens is 572 g/mol. The second kappa shape index (κ2) is 12.9. The first-order chi connectivity index (χ1) is 22.0. The van der Waals surface area contributed by atoms with Gasteiger partial charge in [0.25, 0.3) is 0 Å². The number of hydrogen-bond donors (Lipinski definition) is 1. The number of carboxylic acid groups (broad SMARTS) is 1. The van der Waals surface area contributed by atoms with E-state index in [0.717, 1.165) is 51.4 Å². The molecule has 4 saturated carbocycles. The van der Waals surface area contributed by atoms with Crippen LogP contribution in [0.3, 0.4) is 0 Å². The zero-order valence-electron chi connectivity index (χ0n) is 28.4. The second-order valence-corrected chi connectivity index (χ2v) is 15.8. The summed E-state index contributed by atoms with van der Waals surface area (Å²) in [7, 11) is 0. The fraction of sp³-hybridized carbons (Fsp3) is 0.610. The Bertz CT molecular complexity index is 1400. The SMILES string of the molecule is C=CCO[C@@]1(c2ccc(-c3ccccc3)cc2)CC[C@@]2(C)[C@H](C[C@@H](OC(C)=O)[C@@H]3[C@@H]2CC[C@]2(C)[C@@H]([C@H](C)CCC(=O)O)CC[C@@H]32)C1. The molecule has 4 aliphatic carbocycles. The topological polar surface area (TPSA) is 72.8 Å². The van der Waals surface area contributed by atoms with Gasteiger partial charge in [-0.2, -0.15) is 0 Å². The molecule has 0 radical (unpaired) electrons. The molecule has 0 spiro atoms. The number of fused-ring (bicyclic) bond motifs is 5. The Morgan fingerprint density at radius 1 is 0.957 bits per heavy atom. The number of esters is 1. The molecule has 0 unspecified atom stereocenters. The van der Waals surface area contributed by atoms with Gasteiger partial charge in [-0.25, -0.2) is 0 Å². The highest BCUT2D eigenvalue weighted by molar-refractivity contribution is 5.67. The maximum Gasteiger partial charge on any atom is 0.303 e. The molecule has 5 nitrogen and oxygen atoms in total. The zero-order chi connectivity index (χ0) is 32.7. The summed E-state index contributed by atoms with van der Waals surface area (Å²) in [6, 6.07) is 19.5. The van der Waals surface area contributed by atoms with Crippen LogP contribution in [0.5, 0.6) is 0 Å². The highest BCUT2D eigenvalue weighted by Gasteiger charge is 2.65. The summed E-state index contributed by atoms with van der Waals surface area (Å²) < 4.78 is 13.1. The third-order valence-electron chi connectivity index (χ3n) is 13.6. The lowest BCUT2D eigenvalue weighted by Crippen LogP contribution is -2.60. The molecule has 0 amide bonds. The molecule has 2 aromatic rings. The van der Waals surface area contributed by atoms with Crippen molar-refractivity contribution < 1.29 is 24.2 Å². The minimum Gasteiger partial charge on any atom is -0.481 e. The van der Waals surface area contributed by atoms with Gasteiger partial charge in [-0.05, 0) is 115 Å². The van der Waals surface area contributed by atoms with Gasteiger partial charge in [0.2, 0.25) is 0 Å². The first kappa shape index (κ1) is 33.0. The quantitative estimate of drug-likeness (QED) is 0.210. The summed E-state index contributed by atoms with van der Waals surface area (Å²) in [5, 5.41) is 9.37. The summed E-state index contributed by atoms with van der Waals surface area (Å²) in [6.07, 6.45) is 11.2. The van der Waals surface area contributed by atoms with Gasteiger partial charge in [-0.15, -0.1) is 6.58 Å². The van der Waals surface area contributed by atoms with Crippen LogP contribution in [0.2, 0.25) is 0 Å². The van der Waals surface area contributed by atoms with Gasteiger partial charge in [0.15, 0.2) is 0 Å². The third-order valence-corrected chi connectivity index (χ3v) is 13.6. The molecule has 0 aliphatic heterocycles. The molecule has 4 aliphatic rings. The van der Waals surface area contributed by atoms with Crippen molar-refractivity contribution in [3.05, 3.63) is 72.8 Å². The van der Waals surface area contributed by atoms with E-state index in [0.29, 0.717) is 42.1 Å². The van der Waals surface area contributed by atoms with Gasteiger partial charge in [-0.3, -0.25) is 9.59 Å². The number of aliphatic carboxylic acids is 1. The van der Waals surface area contributed by atoms with Gasteiger partial charge in [0.1, 0.15) is 6.10 Å². The van der Waals surface area contributed by atoms with E-state index in [9.17, 15) is 14.7 Å². The van der Waals surface area contributed by atoms with E-state index in [1.165, 1.54) is 23.1 Å². The fourth-order valence-corrected chi connectivity index (χ4v) is 11.3. The molecule has 0 bridgehead atoms. The Hall–Kier alpha value is -2.92. The van der Waals surface area contributed by atoms with Crippen LogP contribution in [0.4, 0.5) is 0 Å². The van der Waals surface area contributed by atoms with Crippen LogP contribution in [0.25, 0.3) is 11.1 Å². The predicted molar refractivity (Wildman–Crippen MR) is 182 cm³/mol. The lowest BCUT2D eigenvalue weighted by Gasteiger charge is -2.64. The Balaban J connectivity index is 1.29. The number of rotatable bonds is 10. The number of hydrogen-bond acceptors (Lipinski definition) is 4. The molecule has 46 heavy (non-hydrogen) atoms. The van der Waals surface area contributed by atoms with Crippen LogP contribution in [-0.2, 0) is 24.7 Å². The number of benzene rings is 2. The van der Waals surface area contributed by atoms with Crippen molar-refractivity contribution in [1.29, 1.82) is 0 Å². The molecule has 0 saturated heterocycles. The molecule has 2 aromatic carbocycles. The van der Waals surface area contributed by atoms with Crippen LogP contribution in [0.15, 0.2) is 67.3 Å². The molecule has 248 valence electrons. The second-order valence-electron chi connectivity index (χ2n) is 15.8. The Morgan fingerprint density at radius 2 is 1.65 bits per heavy atom. The first-order valence-corrected chi connectivity index (χ1v) is 17.8. The lowest BCUT2D eigenvalue weighted by molar-refractivity contribution is -0.209. The van der Waals surface area contributed by atoms with Crippen LogP contribution in [0.1, 0.15) is 97.5 Å². The van der Waals surface area contributed by atoms with Gasteiger partial charge in [0, 0.05) is 19.3 Å². The zero-order valence-corrected chi connectivity index (χ0v) is 28.4. The molecule has 1 N–H and O–H groups in total. The average molecular weight is 627 g/mol. The Morgan fingerprint density at radius 3 is 2.33 bits per heavy atom. The highest BCUT2D eigenvalue weighted by Crippen LogP contribution is 2.70. The van der Waals surface area contributed by atoms with E-state index < -0.39 is 11.6 Å². The van der Waals surface area contributed by atoms with E-state index in [-0.39, 0.29) is 29.3 Å². The Labute approximate surface area is 276 Å². The smallest absolute Gasteiger partial charge is 0.303 e. The van der Waals surface area contributed by atoms with E-state index in [2.05, 4.69) is 75.9 Å². The van der Waals surface area contributed by atoms with Crippen LogP contribution < -0.4 is 0 Å². The molecule has 5 heteroatoms. The van der Waals surface area contributed by atoms with Crippen molar-refractivity contribution >= 4 is 11.9 Å². The van der Waals surface area contributed by atoms with Crippen LogP contribution in [-0.4, -0.2) is 29.8 Å². The maximum absolute atomic E-state index is 12.6. The standard InChI is InChI=1S/C41H54O5/c1-6-24-45-41(31-15-13-30(14-16-31)29-10-8-7-9-11-29)23-22-39(4)32(26-41)25-36(46-28(3)42)38-34-18-17-33(27(2)12-19-37(43)44)40(34,5)21-20-35(38)39/h6-11,13-16,27,32-36,38H,1,12,17-26H2,2-5H3,(H,43,44)/t27-,32-,33-,34+,35+,36-,38+,39+,40-,41+/m1/s1. The first-order valence-electron chi connectivity index (χ1n) is 17.8. The minimum absolute atomic E-state index is 0.0889. The van der Waals surface area contributed by atoms with Gasteiger partial charge < -0.3 is 14.6 Å². The van der Waals surface area contributed by atoms with Gasteiger partial charge >= 0.3 is 11.9 Å². The van der Waals surface area contributed by atoms with Gasteiger partial charge in [0.05, 0.1) is 12.2 Å². The average Bonchev–Trinajstić information content (AvgIpc) is 3.40. The summed E-state index contributed by atoms with van der Waals surface area (Å²) in [5.41, 5.74) is 3.56. The van der Waals surface area contributed by atoms with E-state index in [1.807, 2.05) is 12.1 Å². The lowest BCUT2D eigenvalue weighted by atomic mass is 9.42. The van der Waals surface area contributed by atoms with Crippen molar-refractivity contribution in [3.8, 4) is 11.1 Å². The maximum atomic E-state index is 12.6. The van der Waals surface area contributed by atoms with Crippen molar-refractivity contribution in [1.82, 2.24) is 0 Å². The van der Waals surface area contributed by atoms with Crippen molar-refractivity contribution in [2.45, 2.75) is 104 Å². The van der Waals surface area contributed by atoms with Crippen LogP contribution in [0, 0.1) is 46.3 Å².